The van der Waals surface area contributed by atoms with Gasteiger partial charge in [-0.2, -0.15) is 0 Å². The lowest BCUT2D eigenvalue weighted by molar-refractivity contribution is -0.119. The van der Waals surface area contributed by atoms with Crippen LogP contribution in [-0.4, -0.2) is 42.1 Å². The van der Waals surface area contributed by atoms with E-state index in [9.17, 15) is 4.79 Å². The zero-order valence-corrected chi connectivity index (χ0v) is 15.8. The van der Waals surface area contributed by atoms with Crippen molar-refractivity contribution >= 4 is 34.1 Å². The van der Waals surface area contributed by atoms with E-state index in [2.05, 4.69) is 39.0 Å². The monoisotopic (exact) mass is 378 g/mol. The van der Waals surface area contributed by atoms with Crippen molar-refractivity contribution in [2.24, 2.45) is 0 Å². The molecule has 8 heteroatoms. The van der Waals surface area contributed by atoms with Gasteiger partial charge in [-0.1, -0.05) is 47.4 Å². The van der Waals surface area contributed by atoms with Crippen molar-refractivity contribution in [2.75, 3.05) is 31.3 Å². The summed E-state index contributed by atoms with van der Waals surface area (Å²) in [5.41, 5.74) is 2.61. The second-order valence-corrected chi connectivity index (χ2v) is 7.99. The first-order valence-corrected chi connectivity index (χ1v) is 10.1. The first kappa shape index (κ1) is 18.2. The Morgan fingerprint density at radius 3 is 3.16 bits per heavy atom. The van der Waals surface area contributed by atoms with Crippen LogP contribution in [0.25, 0.3) is 0 Å². The molecule has 25 heavy (non-hydrogen) atoms. The molecule has 1 aliphatic rings. The molecule has 1 amide bonds. The minimum atomic E-state index is 0.0378. The maximum Gasteiger partial charge on any atom is 0.230 e. The van der Waals surface area contributed by atoms with E-state index >= 15 is 0 Å². The van der Waals surface area contributed by atoms with Crippen LogP contribution in [0.4, 0.5) is 5.13 Å². The van der Waals surface area contributed by atoms with Crippen LogP contribution < -0.4 is 10.6 Å². The molecule has 134 valence electrons. The molecule has 0 spiro atoms. The highest BCUT2D eigenvalue weighted by Gasteiger charge is 2.21. The average Bonchev–Trinajstić information content (AvgIpc) is 3.08. The van der Waals surface area contributed by atoms with Crippen LogP contribution >= 0.6 is 23.1 Å². The van der Waals surface area contributed by atoms with Crippen LogP contribution in [0.1, 0.15) is 30.0 Å². The number of ether oxygens (including phenoxy) is 1. The summed E-state index contributed by atoms with van der Waals surface area (Å²) in [6, 6.07) is 8.50. The highest BCUT2D eigenvalue weighted by Crippen LogP contribution is 2.30. The number of hydrogen-bond acceptors (Lipinski definition) is 7. The molecule has 1 aliphatic carbocycles. The minimum absolute atomic E-state index is 0.0378. The van der Waals surface area contributed by atoms with E-state index in [1.807, 2.05) is 6.07 Å². The average molecular weight is 379 g/mol. The van der Waals surface area contributed by atoms with Gasteiger partial charge in [-0.25, -0.2) is 0 Å². The Labute approximate surface area is 155 Å². The van der Waals surface area contributed by atoms with Crippen molar-refractivity contribution < 1.29 is 9.53 Å². The first-order valence-electron chi connectivity index (χ1n) is 8.32. The van der Waals surface area contributed by atoms with Crippen molar-refractivity contribution in [3.05, 3.63) is 35.4 Å². The van der Waals surface area contributed by atoms with Crippen LogP contribution in [0.5, 0.6) is 0 Å². The zero-order chi connectivity index (χ0) is 17.5. The Balaban J connectivity index is 1.47. The lowest BCUT2D eigenvalue weighted by Crippen LogP contribution is -2.32. The van der Waals surface area contributed by atoms with Gasteiger partial charge in [0.15, 0.2) is 4.34 Å². The predicted octanol–water partition coefficient (Wildman–Crippen LogP) is 2.88. The van der Waals surface area contributed by atoms with Crippen molar-refractivity contribution in [3.63, 3.8) is 0 Å². The molecule has 0 fully saturated rings. The summed E-state index contributed by atoms with van der Waals surface area (Å²) < 4.78 is 5.77. The lowest BCUT2D eigenvalue weighted by Gasteiger charge is -2.26. The number of fused-ring (bicyclic) bond motifs is 1. The number of rotatable bonds is 8. The number of anilines is 1. The Hall–Kier alpha value is -1.64. The number of benzene rings is 1. The van der Waals surface area contributed by atoms with Gasteiger partial charge in [-0.15, -0.1) is 10.2 Å². The molecule has 0 saturated heterocycles. The third-order valence-corrected chi connectivity index (χ3v) is 6.03. The normalized spacial score (nSPS) is 16.3. The summed E-state index contributed by atoms with van der Waals surface area (Å²) >= 11 is 2.87. The molecule has 3 rings (SSSR count). The fourth-order valence-electron chi connectivity index (χ4n) is 2.87. The SMILES string of the molecule is COCCNc1nnc(SCC(=O)N[C@@H]2CCCc3ccccc32)s1. The van der Waals surface area contributed by atoms with Gasteiger partial charge in [0.25, 0.3) is 0 Å². The lowest BCUT2D eigenvalue weighted by atomic mass is 9.88. The van der Waals surface area contributed by atoms with Crippen LogP contribution in [-0.2, 0) is 16.0 Å². The third-order valence-electron chi connectivity index (χ3n) is 4.02. The summed E-state index contributed by atoms with van der Waals surface area (Å²) in [7, 11) is 1.66. The molecule has 1 aromatic carbocycles. The number of hydrogen-bond donors (Lipinski definition) is 2. The zero-order valence-electron chi connectivity index (χ0n) is 14.2. The van der Waals surface area contributed by atoms with E-state index in [1.165, 1.54) is 34.2 Å². The summed E-state index contributed by atoms with van der Waals surface area (Å²) in [6.07, 6.45) is 3.21. The second-order valence-electron chi connectivity index (χ2n) is 5.79. The highest BCUT2D eigenvalue weighted by atomic mass is 32.2. The van der Waals surface area contributed by atoms with Crippen LogP contribution in [0.15, 0.2) is 28.6 Å². The highest BCUT2D eigenvalue weighted by molar-refractivity contribution is 8.01. The standard InChI is InChI=1S/C17H22N4O2S2/c1-23-10-9-18-16-20-21-17(25-16)24-11-15(22)19-14-8-4-6-12-5-2-3-7-13(12)14/h2-3,5,7,14H,4,6,8-11H2,1H3,(H,18,20)(H,19,22)/t14-/m1/s1. The van der Waals surface area contributed by atoms with E-state index in [-0.39, 0.29) is 11.9 Å². The fraction of sp³-hybridized carbons (Fsp3) is 0.471. The predicted molar refractivity (Wildman–Crippen MR) is 101 cm³/mol. The van der Waals surface area contributed by atoms with Crippen molar-refractivity contribution in [2.45, 2.75) is 29.6 Å². The second kappa shape index (κ2) is 9.17. The van der Waals surface area contributed by atoms with Gasteiger partial charge in [0.2, 0.25) is 11.0 Å². The number of carbonyl (C=O) groups excluding carboxylic acids is 1. The number of thioether (sulfide) groups is 1. The van der Waals surface area contributed by atoms with Crippen LogP contribution in [0.2, 0.25) is 0 Å². The largest absolute Gasteiger partial charge is 0.383 e. The molecule has 6 nitrogen and oxygen atoms in total. The molecule has 0 radical (unpaired) electrons. The van der Waals surface area contributed by atoms with Crippen LogP contribution in [0.3, 0.4) is 0 Å². The quantitative estimate of drug-likeness (QED) is 0.543. The van der Waals surface area contributed by atoms with Gasteiger partial charge in [0.05, 0.1) is 18.4 Å². The topological polar surface area (TPSA) is 76.1 Å². The van der Waals surface area contributed by atoms with E-state index in [4.69, 9.17) is 4.74 Å². The number of nitrogens with zero attached hydrogens (tertiary/aromatic N) is 2. The Morgan fingerprint density at radius 1 is 1.40 bits per heavy atom. The fourth-order valence-corrected chi connectivity index (χ4v) is 4.46. The Kier molecular flexibility index (Phi) is 6.66. The minimum Gasteiger partial charge on any atom is -0.383 e. The number of carbonyl (C=O) groups is 1. The van der Waals surface area contributed by atoms with Gasteiger partial charge in [0, 0.05) is 13.7 Å². The van der Waals surface area contributed by atoms with Gasteiger partial charge < -0.3 is 15.4 Å². The molecule has 0 aliphatic heterocycles. The Morgan fingerprint density at radius 2 is 2.28 bits per heavy atom. The van der Waals surface area contributed by atoms with Gasteiger partial charge in [-0.3, -0.25) is 4.79 Å². The van der Waals surface area contributed by atoms with E-state index in [0.29, 0.717) is 18.9 Å². The van der Waals surface area contributed by atoms with Crippen molar-refractivity contribution in [3.8, 4) is 0 Å². The molecule has 1 heterocycles. The molecule has 1 atom stereocenters. The first-order chi connectivity index (χ1) is 12.3. The summed E-state index contributed by atoms with van der Waals surface area (Å²) in [6.45, 7) is 1.31. The maximum absolute atomic E-state index is 12.3. The van der Waals surface area contributed by atoms with Crippen molar-refractivity contribution in [1.29, 1.82) is 0 Å². The molecule has 2 N–H and O–H groups in total. The maximum atomic E-state index is 12.3. The summed E-state index contributed by atoms with van der Waals surface area (Å²) in [4.78, 5) is 12.3. The van der Waals surface area contributed by atoms with E-state index in [0.717, 1.165) is 28.7 Å². The van der Waals surface area contributed by atoms with E-state index < -0.39 is 0 Å². The molecule has 0 saturated carbocycles. The molecule has 1 aromatic heterocycles. The number of nitrogens with one attached hydrogen (secondary N) is 2. The smallest absolute Gasteiger partial charge is 0.230 e. The van der Waals surface area contributed by atoms with Crippen LogP contribution in [0, 0.1) is 0 Å². The molecule has 2 aromatic rings. The summed E-state index contributed by atoms with van der Waals surface area (Å²) in [5, 5.41) is 15.2. The van der Waals surface area contributed by atoms with E-state index in [1.54, 1.807) is 7.11 Å². The molecule has 0 bridgehead atoms. The third kappa shape index (κ3) is 5.17. The van der Waals surface area contributed by atoms with Crippen molar-refractivity contribution in [1.82, 2.24) is 15.5 Å². The molecular weight excluding hydrogens is 356 g/mol. The van der Waals surface area contributed by atoms with Gasteiger partial charge in [-0.05, 0) is 30.4 Å². The molecule has 0 unspecified atom stereocenters. The summed E-state index contributed by atoms with van der Waals surface area (Å²) in [5.74, 6) is 0.390. The van der Waals surface area contributed by atoms with Gasteiger partial charge in [0.1, 0.15) is 0 Å². The number of amides is 1. The Bertz CT molecular complexity index is 707. The van der Waals surface area contributed by atoms with Gasteiger partial charge >= 0.3 is 0 Å². The number of aryl methyl sites for hydroxylation is 1. The molecular formula is C17H22N4O2S2. The number of methoxy groups -OCH3 is 1. The number of aromatic nitrogens is 2.